The Morgan fingerprint density at radius 3 is 2.81 bits per heavy atom. The van der Waals surface area contributed by atoms with Crippen molar-refractivity contribution < 1.29 is 14.7 Å². The molecule has 1 heterocycles. The van der Waals surface area contributed by atoms with E-state index < -0.39 is 5.97 Å². The third-order valence-corrected chi connectivity index (χ3v) is 5.17. The highest BCUT2D eigenvalue weighted by molar-refractivity contribution is 5.86. The van der Waals surface area contributed by atoms with E-state index in [0.29, 0.717) is 5.92 Å². The minimum absolute atomic E-state index is 0.0172. The number of hydrogen-bond donors (Lipinski definition) is 1. The fourth-order valence-corrected chi connectivity index (χ4v) is 4.07. The molecule has 1 aromatic heterocycles. The molecule has 2 bridgehead atoms. The maximum atomic E-state index is 12.3. The monoisotopic (exact) mass is 290 g/mol. The van der Waals surface area contributed by atoms with Gasteiger partial charge in [-0.05, 0) is 49.1 Å². The molecule has 0 aromatic carbocycles. The molecule has 2 aliphatic carbocycles. The Morgan fingerprint density at radius 1 is 1.38 bits per heavy atom. The predicted molar refractivity (Wildman–Crippen MR) is 78.0 cm³/mol. The normalized spacial score (nSPS) is 27.0. The number of carbonyl (C=O) groups is 2. The molecule has 1 aromatic rings. The molecular formula is C16H22N2O3. The summed E-state index contributed by atoms with van der Waals surface area (Å²) >= 11 is 0. The summed E-state index contributed by atoms with van der Waals surface area (Å²) in [7, 11) is 1.83. The smallest absolute Gasteiger partial charge is 0.352 e. The lowest BCUT2D eigenvalue weighted by Crippen LogP contribution is -2.36. The lowest BCUT2D eigenvalue weighted by molar-refractivity contribution is -0.131. The molecular weight excluding hydrogens is 268 g/mol. The molecule has 5 nitrogen and oxygen atoms in total. The zero-order valence-electron chi connectivity index (χ0n) is 12.4. The van der Waals surface area contributed by atoms with Crippen LogP contribution in [-0.4, -0.2) is 40.0 Å². The highest BCUT2D eigenvalue weighted by atomic mass is 16.4. The molecule has 0 radical (unpaired) electrons. The van der Waals surface area contributed by atoms with Gasteiger partial charge in [-0.3, -0.25) is 4.79 Å². The number of likely N-dealkylation sites (N-methyl/N-ethyl adjacent to an activating group) is 1. The number of fused-ring (bicyclic) bond motifs is 2. The van der Waals surface area contributed by atoms with Gasteiger partial charge in [0.25, 0.3) is 0 Å². The van der Waals surface area contributed by atoms with E-state index in [1.54, 1.807) is 17.2 Å². The van der Waals surface area contributed by atoms with Crippen LogP contribution in [0.3, 0.4) is 0 Å². The Morgan fingerprint density at radius 2 is 2.19 bits per heavy atom. The lowest BCUT2D eigenvalue weighted by Gasteiger charge is -2.27. The van der Waals surface area contributed by atoms with E-state index in [1.807, 2.05) is 7.05 Å². The van der Waals surface area contributed by atoms with Crippen molar-refractivity contribution in [2.45, 2.75) is 32.2 Å². The molecule has 0 spiro atoms. The first kappa shape index (κ1) is 14.2. The summed E-state index contributed by atoms with van der Waals surface area (Å²) in [6.45, 7) is 0.912. The summed E-state index contributed by atoms with van der Waals surface area (Å²) in [6.07, 6.45) is 6.93. The van der Waals surface area contributed by atoms with E-state index in [-0.39, 0.29) is 18.1 Å². The molecule has 1 amide bonds. The van der Waals surface area contributed by atoms with Gasteiger partial charge in [-0.15, -0.1) is 0 Å². The van der Waals surface area contributed by atoms with Crippen molar-refractivity contribution in [1.82, 2.24) is 9.47 Å². The second kappa shape index (κ2) is 5.54. The first-order valence-corrected chi connectivity index (χ1v) is 7.67. The first-order valence-electron chi connectivity index (χ1n) is 7.67. The van der Waals surface area contributed by atoms with Crippen LogP contribution in [0.25, 0.3) is 0 Å². The van der Waals surface area contributed by atoms with Gasteiger partial charge in [-0.25, -0.2) is 4.79 Å². The molecule has 2 aliphatic rings. The molecule has 2 saturated carbocycles. The topological polar surface area (TPSA) is 62.5 Å². The molecule has 2 fully saturated rings. The van der Waals surface area contributed by atoms with Crippen LogP contribution in [0.15, 0.2) is 18.3 Å². The van der Waals surface area contributed by atoms with Gasteiger partial charge in [0.15, 0.2) is 0 Å². The van der Waals surface area contributed by atoms with E-state index in [4.69, 9.17) is 5.11 Å². The van der Waals surface area contributed by atoms with Crippen LogP contribution in [0.4, 0.5) is 0 Å². The van der Waals surface area contributed by atoms with Crippen LogP contribution in [0, 0.1) is 17.8 Å². The molecule has 5 heteroatoms. The molecule has 0 aliphatic heterocycles. The Hall–Kier alpha value is -1.78. The maximum absolute atomic E-state index is 12.3. The Balaban J connectivity index is 1.57. The summed E-state index contributed by atoms with van der Waals surface area (Å²) in [4.78, 5) is 25.1. The van der Waals surface area contributed by atoms with Gasteiger partial charge >= 0.3 is 5.97 Å². The fourth-order valence-electron chi connectivity index (χ4n) is 4.07. The number of hydrogen-bond acceptors (Lipinski definition) is 2. The molecule has 114 valence electrons. The predicted octanol–water partition coefficient (Wildman–Crippen LogP) is 2.08. The quantitative estimate of drug-likeness (QED) is 0.903. The highest BCUT2D eigenvalue weighted by Gasteiger charge is 2.40. The number of carboxylic acids is 1. The van der Waals surface area contributed by atoms with Crippen LogP contribution in [0.2, 0.25) is 0 Å². The number of carbonyl (C=O) groups excluding carboxylic acids is 1. The van der Waals surface area contributed by atoms with Gasteiger partial charge in [-0.1, -0.05) is 6.42 Å². The lowest BCUT2D eigenvalue weighted by atomic mass is 9.88. The fraction of sp³-hybridized carbons (Fsp3) is 0.625. The number of rotatable bonds is 5. The second-order valence-electron chi connectivity index (χ2n) is 6.54. The third kappa shape index (κ3) is 2.82. The highest BCUT2D eigenvalue weighted by Crippen LogP contribution is 2.48. The van der Waals surface area contributed by atoms with Crippen LogP contribution in [-0.2, 0) is 11.3 Å². The average molecular weight is 290 g/mol. The van der Waals surface area contributed by atoms with Gasteiger partial charge in [0.1, 0.15) is 12.2 Å². The summed E-state index contributed by atoms with van der Waals surface area (Å²) in [5, 5.41) is 9.06. The van der Waals surface area contributed by atoms with Crippen molar-refractivity contribution in [1.29, 1.82) is 0 Å². The van der Waals surface area contributed by atoms with Crippen molar-refractivity contribution >= 4 is 11.9 Å². The molecule has 3 rings (SSSR count). The van der Waals surface area contributed by atoms with Crippen molar-refractivity contribution in [2.24, 2.45) is 17.8 Å². The molecule has 3 unspecified atom stereocenters. The number of carboxylic acid groups (broad SMARTS) is 1. The van der Waals surface area contributed by atoms with E-state index in [1.165, 1.54) is 36.3 Å². The van der Waals surface area contributed by atoms with Crippen LogP contribution in [0.5, 0.6) is 0 Å². The van der Waals surface area contributed by atoms with Gasteiger partial charge in [0, 0.05) is 19.8 Å². The number of aromatic carboxylic acids is 1. The molecule has 3 atom stereocenters. The Bertz CT molecular complexity index is 551. The molecule has 1 N–H and O–H groups in total. The minimum Gasteiger partial charge on any atom is -0.477 e. The molecule has 0 saturated heterocycles. The van der Waals surface area contributed by atoms with E-state index in [0.717, 1.165) is 18.4 Å². The van der Waals surface area contributed by atoms with Gasteiger partial charge in [0.05, 0.1) is 0 Å². The van der Waals surface area contributed by atoms with Gasteiger partial charge in [-0.2, -0.15) is 0 Å². The van der Waals surface area contributed by atoms with Crippen molar-refractivity contribution in [3.05, 3.63) is 24.0 Å². The first-order chi connectivity index (χ1) is 10.0. The van der Waals surface area contributed by atoms with Crippen molar-refractivity contribution in [2.75, 3.05) is 13.6 Å². The number of amides is 1. The van der Waals surface area contributed by atoms with Crippen molar-refractivity contribution in [3.8, 4) is 0 Å². The SMILES string of the molecule is CN(CC1CC2CCC1C2)C(=O)Cn1cccc1C(=O)O. The second-order valence-corrected chi connectivity index (χ2v) is 6.54. The number of nitrogens with zero attached hydrogens (tertiary/aromatic N) is 2. The summed E-state index contributed by atoms with van der Waals surface area (Å²) in [5.74, 6) is 1.30. The van der Waals surface area contributed by atoms with Crippen LogP contribution < -0.4 is 0 Å². The zero-order valence-corrected chi connectivity index (χ0v) is 12.4. The van der Waals surface area contributed by atoms with Crippen LogP contribution in [0.1, 0.15) is 36.2 Å². The summed E-state index contributed by atoms with van der Waals surface area (Å²) in [5.41, 5.74) is 0.164. The van der Waals surface area contributed by atoms with Crippen LogP contribution >= 0.6 is 0 Å². The van der Waals surface area contributed by atoms with E-state index in [2.05, 4.69) is 0 Å². The third-order valence-electron chi connectivity index (χ3n) is 5.17. The largest absolute Gasteiger partial charge is 0.477 e. The Kier molecular flexibility index (Phi) is 3.74. The molecule has 21 heavy (non-hydrogen) atoms. The van der Waals surface area contributed by atoms with Gasteiger partial charge in [0.2, 0.25) is 5.91 Å². The Labute approximate surface area is 124 Å². The van der Waals surface area contributed by atoms with E-state index in [9.17, 15) is 9.59 Å². The van der Waals surface area contributed by atoms with Crippen molar-refractivity contribution in [3.63, 3.8) is 0 Å². The zero-order chi connectivity index (χ0) is 15.0. The summed E-state index contributed by atoms with van der Waals surface area (Å²) < 4.78 is 1.50. The standard InChI is InChI=1S/C16H22N2O3/c1-17(9-13-8-11-4-5-12(13)7-11)15(19)10-18-6-2-3-14(18)16(20)21/h2-3,6,11-13H,4-5,7-10H2,1H3,(H,20,21). The van der Waals surface area contributed by atoms with Gasteiger partial charge < -0.3 is 14.6 Å². The number of aromatic nitrogens is 1. The minimum atomic E-state index is -0.997. The van der Waals surface area contributed by atoms with E-state index >= 15 is 0 Å². The maximum Gasteiger partial charge on any atom is 0.352 e. The summed E-state index contributed by atoms with van der Waals surface area (Å²) in [6, 6.07) is 3.18. The average Bonchev–Trinajstić information content (AvgIpc) is 3.13.